The number of rotatable bonds is 4. The van der Waals surface area contributed by atoms with E-state index in [9.17, 15) is 4.79 Å². The Labute approximate surface area is 192 Å². The molecule has 4 aromatic carbocycles. The van der Waals surface area contributed by atoms with Gasteiger partial charge in [-0.1, -0.05) is 72.8 Å². The molecule has 0 bridgehead atoms. The van der Waals surface area contributed by atoms with Crippen molar-refractivity contribution in [3.8, 4) is 0 Å². The van der Waals surface area contributed by atoms with Crippen LogP contribution in [0.3, 0.4) is 0 Å². The third-order valence-electron chi connectivity index (χ3n) is 5.59. The maximum absolute atomic E-state index is 13.3. The Balaban J connectivity index is 1.55. The molecular formula is C29H24O4. The van der Waals surface area contributed by atoms with Crippen LogP contribution < -0.4 is 0 Å². The van der Waals surface area contributed by atoms with Crippen molar-refractivity contribution in [3.63, 3.8) is 0 Å². The number of carbonyl (C=O) groups is 1. The summed E-state index contributed by atoms with van der Waals surface area (Å²) in [6.07, 6.45) is 3.48. The summed E-state index contributed by atoms with van der Waals surface area (Å²) in [7, 11) is 0. The first kappa shape index (κ1) is 21.0. The summed E-state index contributed by atoms with van der Waals surface area (Å²) in [5, 5.41) is 4.45. The van der Waals surface area contributed by atoms with Gasteiger partial charge < -0.3 is 14.2 Å². The molecule has 0 spiro atoms. The molecule has 1 fully saturated rings. The Bertz CT molecular complexity index is 1310. The van der Waals surface area contributed by atoms with E-state index in [1.165, 1.54) is 0 Å². The predicted molar refractivity (Wildman–Crippen MR) is 131 cm³/mol. The maximum atomic E-state index is 13.3. The number of fused-ring (bicyclic) bond motifs is 2. The van der Waals surface area contributed by atoms with Crippen LogP contribution in [0.5, 0.6) is 0 Å². The van der Waals surface area contributed by atoms with Gasteiger partial charge in [-0.3, -0.25) is 4.79 Å². The largest absolute Gasteiger partial charge is 0.426 e. The highest BCUT2D eigenvalue weighted by atomic mass is 16.9. The zero-order chi connectivity index (χ0) is 22.8. The number of hydrogen-bond acceptors (Lipinski definition) is 4. The van der Waals surface area contributed by atoms with Gasteiger partial charge in [-0.05, 0) is 63.9 Å². The number of Topliss-reactive ketones (excluding diaryl/α,β-unsaturated/α-hetero) is 1. The van der Waals surface area contributed by atoms with E-state index in [0.29, 0.717) is 6.61 Å². The minimum absolute atomic E-state index is 0.180. The fraction of sp³-hybridized carbons (Fsp3) is 0.138. The first-order chi connectivity index (χ1) is 16.0. The van der Waals surface area contributed by atoms with E-state index in [1.807, 2.05) is 79.7 Å². The highest BCUT2D eigenvalue weighted by Gasteiger charge is 2.41. The average molecular weight is 437 g/mol. The fourth-order valence-electron chi connectivity index (χ4n) is 4.04. The van der Waals surface area contributed by atoms with Crippen LogP contribution in [0.2, 0.25) is 0 Å². The van der Waals surface area contributed by atoms with Crippen molar-refractivity contribution in [3.05, 3.63) is 108 Å². The number of benzene rings is 4. The molecule has 0 aliphatic carbocycles. The van der Waals surface area contributed by atoms with Gasteiger partial charge in [0.2, 0.25) is 0 Å². The lowest BCUT2D eigenvalue weighted by molar-refractivity contribution is -0.343. The van der Waals surface area contributed by atoms with E-state index in [0.717, 1.165) is 32.7 Å². The van der Waals surface area contributed by atoms with E-state index in [-0.39, 0.29) is 17.3 Å². The smallest absolute Gasteiger partial charge is 0.368 e. The van der Waals surface area contributed by atoms with Crippen molar-refractivity contribution in [2.45, 2.75) is 19.8 Å². The zero-order valence-corrected chi connectivity index (χ0v) is 18.6. The number of ether oxygens (including phenoxy) is 3. The first-order valence-corrected chi connectivity index (χ1v) is 11.0. The number of hydrogen-bond donors (Lipinski definition) is 0. The summed E-state index contributed by atoms with van der Waals surface area (Å²) >= 11 is 0. The van der Waals surface area contributed by atoms with Crippen LogP contribution in [0.4, 0.5) is 0 Å². The molecule has 0 atom stereocenters. The van der Waals surface area contributed by atoms with Gasteiger partial charge in [0.25, 0.3) is 5.78 Å². The summed E-state index contributed by atoms with van der Waals surface area (Å²) in [5.41, 5.74) is 1.73. The lowest BCUT2D eigenvalue weighted by Gasteiger charge is -2.35. The molecular weight excluding hydrogens is 412 g/mol. The van der Waals surface area contributed by atoms with Crippen LogP contribution in [-0.4, -0.2) is 18.4 Å². The molecule has 164 valence electrons. The lowest BCUT2D eigenvalue weighted by Crippen LogP contribution is -2.42. The summed E-state index contributed by atoms with van der Waals surface area (Å²) in [6.45, 7) is 3.90. The Hall–Kier alpha value is -3.89. The van der Waals surface area contributed by atoms with E-state index >= 15 is 0 Å². The number of ketones is 1. The van der Waals surface area contributed by atoms with Crippen LogP contribution in [0.25, 0.3) is 33.7 Å². The molecule has 1 aliphatic rings. The predicted octanol–water partition coefficient (Wildman–Crippen LogP) is 6.70. The van der Waals surface area contributed by atoms with Crippen molar-refractivity contribution in [1.29, 1.82) is 0 Å². The SMILES string of the molecule is CCOC1(C)O/C(=C\c2ccc3ccccc3c2)C(=O)/C(=C/c2ccc3ccccc3c2)O1. The van der Waals surface area contributed by atoms with Crippen molar-refractivity contribution in [2.75, 3.05) is 6.61 Å². The molecule has 4 heteroatoms. The Morgan fingerprint density at radius 3 is 1.64 bits per heavy atom. The summed E-state index contributed by atoms with van der Waals surface area (Å²) in [6, 6.07) is 28.2. The topological polar surface area (TPSA) is 44.8 Å². The molecule has 5 rings (SSSR count). The lowest BCUT2D eigenvalue weighted by atomic mass is 10.0. The molecule has 1 saturated heterocycles. The monoisotopic (exact) mass is 436 g/mol. The van der Waals surface area contributed by atoms with E-state index < -0.39 is 5.97 Å². The minimum atomic E-state index is -1.39. The molecule has 1 heterocycles. The number of carbonyl (C=O) groups excluding carboxylic acids is 1. The van der Waals surface area contributed by atoms with Crippen LogP contribution in [0.1, 0.15) is 25.0 Å². The van der Waals surface area contributed by atoms with Crippen molar-refractivity contribution in [1.82, 2.24) is 0 Å². The van der Waals surface area contributed by atoms with E-state index in [4.69, 9.17) is 14.2 Å². The molecule has 0 saturated carbocycles. The zero-order valence-electron chi connectivity index (χ0n) is 18.6. The molecule has 33 heavy (non-hydrogen) atoms. The average Bonchev–Trinajstić information content (AvgIpc) is 2.82. The fourth-order valence-corrected chi connectivity index (χ4v) is 4.04. The highest BCUT2D eigenvalue weighted by molar-refractivity contribution is 6.11. The normalized spacial score (nSPS) is 20.8. The van der Waals surface area contributed by atoms with Crippen LogP contribution >= 0.6 is 0 Å². The maximum Gasteiger partial charge on any atom is 0.368 e. The molecule has 4 aromatic rings. The first-order valence-electron chi connectivity index (χ1n) is 11.0. The van der Waals surface area contributed by atoms with Gasteiger partial charge in [0, 0.05) is 6.92 Å². The molecule has 0 N–H and O–H groups in total. The second kappa shape index (κ2) is 8.57. The van der Waals surface area contributed by atoms with Crippen LogP contribution in [0, 0.1) is 0 Å². The van der Waals surface area contributed by atoms with Gasteiger partial charge in [-0.25, -0.2) is 0 Å². The van der Waals surface area contributed by atoms with Gasteiger partial charge in [0.05, 0.1) is 6.61 Å². The van der Waals surface area contributed by atoms with Gasteiger partial charge >= 0.3 is 5.97 Å². The van der Waals surface area contributed by atoms with Gasteiger partial charge in [0.15, 0.2) is 11.5 Å². The third kappa shape index (κ3) is 4.38. The molecule has 4 nitrogen and oxygen atoms in total. The molecule has 0 amide bonds. The van der Waals surface area contributed by atoms with Crippen molar-refractivity contribution in [2.24, 2.45) is 0 Å². The Morgan fingerprint density at radius 1 is 0.727 bits per heavy atom. The second-order valence-corrected chi connectivity index (χ2v) is 8.06. The molecule has 0 unspecified atom stereocenters. The molecule has 1 aliphatic heterocycles. The van der Waals surface area contributed by atoms with Crippen molar-refractivity contribution >= 4 is 39.5 Å². The van der Waals surface area contributed by atoms with E-state index in [1.54, 1.807) is 19.1 Å². The standard InChI is InChI=1S/C29H24O4/c1-3-31-29(2)32-26(18-20-12-14-22-8-4-6-10-24(22)16-20)28(30)27(33-29)19-21-13-15-23-9-5-7-11-25(23)17-21/h4-19H,3H2,1-2H3/b26-18-,27-19-. The van der Waals surface area contributed by atoms with Crippen LogP contribution in [0.15, 0.2) is 96.4 Å². The Kier molecular flexibility index (Phi) is 5.45. The summed E-state index contributed by atoms with van der Waals surface area (Å²) in [4.78, 5) is 13.3. The van der Waals surface area contributed by atoms with Crippen LogP contribution in [-0.2, 0) is 19.0 Å². The van der Waals surface area contributed by atoms with Crippen molar-refractivity contribution < 1.29 is 19.0 Å². The van der Waals surface area contributed by atoms with Gasteiger partial charge in [-0.2, -0.15) is 0 Å². The molecule has 0 aromatic heterocycles. The summed E-state index contributed by atoms with van der Waals surface area (Å²) < 4.78 is 17.5. The Morgan fingerprint density at radius 2 is 1.18 bits per heavy atom. The van der Waals surface area contributed by atoms with E-state index in [2.05, 4.69) is 12.1 Å². The minimum Gasteiger partial charge on any atom is -0.426 e. The molecule has 0 radical (unpaired) electrons. The third-order valence-corrected chi connectivity index (χ3v) is 5.59. The van der Waals surface area contributed by atoms with Gasteiger partial charge in [0.1, 0.15) is 0 Å². The second-order valence-electron chi connectivity index (χ2n) is 8.06. The highest BCUT2D eigenvalue weighted by Crippen LogP contribution is 2.33. The van der Waals surface area contributed by atoms with Gasteiger partial charge in [-0.15, -0.1) is 0 Å². The summed E-state index contributed by atoms with van der Waals surface area (Å²) in [5.74, 6) is -1.36. The quantitative estimate of drug-likeness (QED) is 0.334.